The topological polar surface area (TPSA) is 68.0 Å². The van der Waals surface area contributed by atoms with E-state index in [1.807, 2.05) is 6.92 Å². The van der Waals surface area contributed by atoms with E-state index in [4.69, 9.17) is 5.73 Å². The number of carbonyl (C=O) groups excluding carboxylic acids is 1. The summed E-state index contributed by atoms with van der Waals surface area (Å²) in [5, 5.41) is 3.30. The Labute approximate surface area is 124 Å². The van der Waals surface area contributed by atoms with Crippen LogP contribution in [0.4, 0.5) is 9.52 Å². The highest BCUT2D eigenvalue weighted by atomic mass is 32.2. The number of nitrogens with two attached hydrogens (primary N) is 1. The van der Waals surface area contributed by atoms with Crippen LogP contribution >= 0.6 is 23.1 Å². The number of hydrogen-bond donors (Lipinski definition) is 2. The van der Waals surface area contributed by atoms with E-state index in [1.54, 1.807) is 12.1 Å². The molecule has 0 atom stereocenters. The molecular formula is C13H14FN3OS2. The maximum absolute atomic E-state index is 12.7. The van der Waals surface area contributed by atoms with E-state index >= 15 is 0 Å². The van der Waals surface area contributed by atoms with Crippen LogP contribution in [0, 0.1) is 12.7 Å². The van der Waals surface area contributed by atoms with Crippen molar-refractivity contribution in [3.05, 3.63) is 41.3 Å². The van der Waals surface area contributed by atoms with E-state index in [9.17, 15) is 9.18 Å². The SMILES string of the molecule is Cc1nc(N)sc1SCC(=O)NCc1ccc(F)cc1. The zero-order valence-corrected chi connectivity index (χ0v) is 12.5. The average molecular weight is 311 g/mol. The Morgan fingerprint density at radius 2 is 2.15 bits per heavy atom. The summed E-state index contributed by atoms with van der Waals surface area (Å²) >= 11 is 2.80. The van der Waals surface area contributed by atoms with E-state index in [0.717, 1.165) is 15.5 Å². The lowest BCUT2D eigenvalue weighted by Gasteiger charge is -2.04. The van der Waals surface area contributed by atoms with Gasteiger partial charge in [-0.3, -0.25) is 4.79 Å². The molecule has 0 saturated carbocycles. The van der Waals surface area contributed by atoms with Gasteiger partial charge in [0, 0.05) is 6.54 Å². The number of nitrogens with zero attached hydrogens (tertiary/aromatic N) is 1. The summed E-state index contributed by atoms with van der Waals surface area (Å²) < 4.78 is 13.7. The highest BCUT2D eigenvalue weighted by molar-refractivity contribution is 8.01. The maximum atomic E-state index is 12.7. The number of thioether (sulfide) groups is 1. The van der Waals surface area contributed by atoms with Crippen molar-refractivity contribution < 1.29 is 9.18 Å². The summed E-state index contributed by atoms with van der Waals surface area (Å²) in [6, 6.07) is 6.05. The summed E-state index contributed by atoms with van der Waals surface area (Å²) in [5.41, 5.74) is 7.31. The van der Waals surface area contributed by atoms with E-state index in [-0.39, 0.29) is 11.7 Å². The minimum absolute atomic E-state index is 0.0781. The molecule has 1 heterocycles. The van der Waals surface area contributed by atoms with Gasteiger partial charge in [-0.15, -0.1) is 11.8 Å². The Hall–Kier alpha value is -1.60. The fourth-order valence-electron chi connectivity index (χ4n) is 1.52. The van der Waals surface area contributed by atoms with Crippen molar-refractivity contribution in [1.29, 1.82) is 0 Å². The van der Waals surface area contributed by atoms with Gasteiger partial charge in [-0.05, 0) is 24.6 Å². The summed E-state index contributed by atoms with van der Waals surface area (Å²) in [7, 11) is 0. The van der Waals surface area contributed by atoms with E-state index in [2.05, 4.69) is 10.3 Å². The number of carbonyl (C=O) groups is 1. The normalized spacial score (nSPS) is 10.5. The molecule has 0 aliphatic rings. The first-order chi connectivity index (χ1) is 9.54. The molecule has 3 N–H and O–H groups in total. The van der Waals surface area contributed by atoms with Gasteiger partial charge in [-0.25, -0.2) is 9.37 Å². The number of aryl methyl sites for hydroxylation is 1. The predicted molar refractivity (Wildman–Crippen MR) is 80.2 cm³/mol. The van der Waals surface area contributed by atoms with Gasteiger partial charge in [0.15, 0.2) is 5.13 Å². The molecule has 2 aromatic rings. The quantitative estimate of drug-likeness (QED) is 0.833. The fourth-order valence-corrected chi connectivity index (χ4v) is 3.37. The fraction of sp³-hybridized carbons (Fsp3) is 0.231. The van der Waals surface area contributed by atoms with Crippen molar-refractivity contribution in [3.8, 4) is 0 Å². The molecule has 2 rings (SSSR count). The van der Waals surface area contributed by atoms with Crippen LogP contribution in [0.1, 0.15) is 11.3 Å². The molecule has 0 bridgehead atoms. The third-order valence-corrected chi connectivity index (χ3v) is 4.86. The van der Waals surface area contributed by atoms with Gasteiger partial charge in [0.1, 0.15) is 5.82 Å². The summed E-state index contributed by atoms with van der Waals surface area (Å²) in [6.45, 7) is 2.26. The van der Waals surface area contributed by atoms with Gasteiger partial charge in [-0.1, -0.05) is 23.5 Å². The lowest BCUT2D eigenvalue weighted by molar-refractivity contribution is -0.118. The zero-order valence-electron chi connectivity index (χ0n) is 10.9. The van der Waals surface area contributed by atoms with Crippen molar-refractivity contribution in [2.45, 2.75) is 17.7 Å². The third-order valence-electron chi connectivity index (χ3n) is 2.51. The van der Waals surface area contributed by atoms with Crippen LogP contribution in [0.2, 0.25) is 0 Å². The first-order valence-corrected chi connectivity index (χ1v) is 7.71. The minimum Gasteiger partial charge on any atom is -0.375 e. The number of benzene rings is 1. The molecule has 1 aromatic heterocycles. The second kappa shape index (κ2) is 6.71. The number of hydrogen-bond acceptors (Lipinski definition) is 5. The highest BCUT2D eigenvalue weighted by Gasteiger charge is 2.09. The van der Waals surface area contributed by atoms with Gasteiger partial charge >= 0.3 is 0 Å². The van der Waals surface area contributed by atoms with Crippen molar-refractivity contribution in [2.24, 2.45) is 0 Å². The third kappa shape index (κ3) is 4.21. The largest absolute Gasteiger partial charge is 0.375 e. The van der Waals surface area contributed by atoms with E-state index < -0.39 is 0 Å². The number of thiazole rings is 1. The van der Waals surface area contributed by atoms with Crippen molar-refractivity contribution >= 4 is 34.1 Å². The number of aromatic nitrogens is 1. The number of nitrogen functional groups attached to an aromatic ring is 1. The Morgan fingerprint density at radius 1 is 1.45 bits per heavy atom. The van der Waals surface area contributed by atoms with Crippen molar-refractivity contribution in [3.63, 3.8) is 0 Å². The van der Waals surface area contributed by atoms with Crippen LogP contribution in [-0.4, -0.2) is 16.6 Å². The number of nitrogens with one attached hydrogen (secondary N) is 1. The Bertz CT molecular complexity index is 598. The highest BCUT2D eigenvalue weighted by Crippen LogP contribution is 2.30. The molecule has 0 saturated heterocycles. The second-order valence-corrected chi connectivity index (χ2v) is 6.39. The molecule has 0 aliphatic carbocycles. The molecule has 106 valence electrons. The Balaban J connectivity index is 1.78. The first-order valence-electron chi connectivity index (χ1n) is 5.91. The summed E-state index contributed by atoms with van der Waals surface area (Å²) in [4.78, 5) is 15.8. The monoisotopic (exact) mass is 311 g/mol. The number of amides is 1. The van der Waals surface area contributed by atoms with Gasteiger partial charge in [0.05, 0.1) is 15.7 Å². The average Bonchev–Trinajstić information content (AvgIpc) is 2.74. The maximum Gasteiger partial charge on any atom is 0.230 e. The lowest BCUT2D eigenvalue weighted by Crippen LogP contribution is -2.24. The molecule has 4 nitrogen and oxygen atoms in total. The van der Waals surface area contributed by atoms with Crippen LogP contribution in [0.15, 0.2) is 28.5 Å². The molecule has 20 heavy (non-hydrogen) atoms. The second-order valence-electron chi connectivity index (χ2n) is 4.12. The van der Waals surface area contributed by atoms with Gasteiger partial charge in [-0.2, -0.15) is 0 Å². The lowest BCUT2D eigenvalue weighted by atomic mass is 10.2. The molecule has 0 fully saturated rings. The zero-order chi connectivity index (χ0) is 14.5. The molecule has 0 aliphatic heterocycles. The van der Waals surface area contributed by atoms with E-state index in [0.29, 0.717) is 17.4 Å². The van der Waals surface area contributed by atoms with Gasteiger partial charge in [0.2, 0.25) is 5.91 Å². The molecule has 0 unspecified atom stereocenters. The summed E-state index contributed by atoms with van der Waals surface area (Å²) in [5.74, 6) is -0.0523. The smallest absolute Gasteiger partial charge is 0.230 e. The molecule has 7 heteroatoms. The molecule has 0 radical (unpaired) electrons. The number of rotatable bonds is 5. The molecule has 1 amide bonds. The molecule has 1 aromatic carbocycles. The van der Waals surface area contributed by atoms with Crippen LogP contribution in [0.5, 0.6) is 0 Å². The first kappa shape index (κ1) is 14.8. The van der Waals surface area contributed by atoms with E-state index in [1.165, 1.54) is 35.2 Å². The van der Waals surface area contributed by atoms with Crippen molar-refractivity contribution in [2.75, 3.05) is 11.5 Å². The number of halogens is 1. The Morgan fingerprint density at radius 3 is 2.75 bits per heavy atom. The van der Waals surface area contributed by atoms with Crippen LogP contribution in [0.25, 0.3) is 0 Å². The van der Waals surface area contributed by atoms with Crippen LogP contribution in [-0.2, 0) is 11.3 Å². The van der Waals surface area contributed by atoms with Crippen molar-refractivity contribution in [1.82, 2.24) is 10.3 Å². The molecular weight excluding hydrogens is 297 g/mol. The molecule has 0 spiro atoms. The summed E-state index contributed by atoms with van der Waals surface area (Å²) in [6.07, 6.45) is 0. The van der Waals surface area contributed by atoms with Crippen LogP contribution in [0.3, 0.4) is 0 Å². The predicted octanol–water partition coefficient (Wildman–Crippen LogP) is 2.58. The standard InChI is InChI=1S/C13H14FN3OS2/c1-8-12(20-13(15)17-8)19-7-11(18)16-6-9-2-4-10(14)5-3-9/h2-5H,6-7H2,1H3,(H2,15,17)(H,16,18). The Kier molecular flexibility index (Phi) is 4.97. The van der Waals surface area contributed by atoms with Gasteiger partial charge in [0.25, 0.3) is 0 Å². The number of anilines is 1. The van der Waals surface area contributed by atoms with Crippen LogP contribution < -0.4 is 11.1 Å². The minimum atomic E-state index is -0.283. The van der Waals surface area contributed by atoms with Gasteiger partial charge < -0.3 is 11.1 Å².